The Hall–Kier alpha value is -4.15. The van der Waals surface area contributed by atoms with Crippen molar-refractivity contribution in [2.45, 2.75) is 53.4 Å². The van der Waals surface area contributed by atoms with Crippen molar-refractivity contribution in [1.29, 1.82) is 0 Å². The van der Waals surface area contributed by atoms with E-state index in [0.29, 0.717) is 28.3 Å². The van der Waals surface area contributed by atoms with Crippen LogP contribution in [0, 0.1) is 0 Å². The SMILES string of the molecule is CC(=O)[O-].CC(=O)[O-].CCCc1ccc(O)c(C=Nc2ccc(OC)cc2N=Cc2cc(CCC)ccc2O)c1.[Co+2]. The number of carbonyl (C=O) groups excluding carboxylic acids is 2. The fourth-order valence-corrected chi connectivity index (χ4v) is 3.42. The number of nitrogens with zero attached hydrogens (tertiary/aromatic N) is 2. The van der Waals surface area contributed by atoms with Crippen LogP contribution < -0.4 is 14.9 Å². The molecule has 0 fully saturated rings. The summed E-state index contributed by atoms with van der Waals surface area (Å²) in [6, 6.07) is 16.6. The average Bonchev–Trinajstić information content (AvgIpc) is 2.89. The summed E-state index contributed by atoms with van der Waals surface area (Å²) in [6.45, 7) is 6.19. The van der Waals surface area contributed by atoms with E-state index in [1.807, 2.05) is 36.4 Å². The van der Waals surface area contributed by atoms with E-state index in [1.165, 1.54) is 0 Å². The molecule has 0 heterocycles. The average molecular weight is 608 g/mol. The molecule has 0 aromatic heterocycles. The molecule has 10 heteroatoms. The smallest absolute Gasteiger partial charge is 0.550 e. The molecule has 3 aromatic rings. The Balaban J connectivity index is 0.00000158. The van der Waals surface area contributed by atoms with Crippen molar-refractivity contribution in [3.8, 4) is 17.2 Å². The van der Waals surface area contributed by atoms with E-state index >= 15 is 0 Å². The zero-order chi connectivity index (χ0) is 30.1. The van der Waals surface area contributed by atoms with Crippen LogP contribution in [0.2, 0.25) is 0 Å². The molecule has 0 saturated heterocycles. The third-order valence-corrected chi connectivity index (χ3v) is 5.13. The van der Waals surface area contributed by atoms with Gasteiger partial charge in [-0.25, -0.2) is 0 Å². The number of ether oxygens (including phenoxy) is 1. The van der Waals surface area contributed by atoms with Gasteiger partial charge in [-0.05, 0) is 74.2 Å². The summed E-state index contributed by atoms with van der Waals surface area (Å²) in [5.41, 5.74) is 4.85. The van der Waals surface area contributed by atoms with Crippen molar-refractivity contribution in [3.05, 3.63) is 76.9 Å². The minimum atomic E-state index is -1.08. The van der Waals surface area contributed by atoms with E-state index in [4.69, 9.17) is 24.5 Å². The third-order valence-electron chi connectivity index (χ3n) is 5.13. The van der Waals surface area contributed by atoms with Crippen molar-refractivity contribution in [3.63, 3.8) is 0 Å². The Morgan fingerprint density at radius 3 is 1.56 bits per heavy atom. The molecule has 1 radical (unpaired) electrons. The van der Waals surface area contributed by atoms with E-state index in [2.05, 4.69) is 23.8 Å². The molecule has 0 amide bonds. The number of aliphatic carboxylic acids is 2. The van der Waals surface area contributed by atoms with Gasteiger partial charge in [-0.15, -0.1) is 0 Å². The fraction of sp³-hybridized carbons (Fsp3) is 0.290. The quantitative estimate of drug-likeness (QED) is 0.348. The summed E-state index contributed by atoms with van der Waals surface area (Å²) < 4.78 is 5.35. The molecule has 9 nitrogen and oxygen atoms in total. The molecule has 0 aliphatic heterocycles. The Morgan fingerprint density at radius 1 is 0.756 bits per heavy atom. The second kappa shape index (κ2) is 19.8. The summed E-state index contributed by atoms with van der Waals surface area (Å²) in [7, 11) is 1.60. The zero-order valence-electron chi connectivity index (χ0n) is 23.8. The Bertz CT molecular complexity index is 1300. The summed E-state index contributed by atoms with van der Waals surface area (Å²) in [4.78, 5) is 26.9. The maximum absolute atomic E-state index is 10.2. The Kier molecular flexibility index (Phi) is 17.8. The summed E-state index contributed by atoms with van der Waals surface area (Å²) in [5, 5.41) is 38.2. The van der Waals surface area contributed by atoms with E-state index in [9.17, 15) is 10.2 Å². The first-order chi connectivity index (χ1) is 19.0. The number of methoxy groups -OCH3 is 1. The number of carbonyl (C=O) groups is 2. The van der Waals surface area contributed by atoms with Crippen LogP contribution in [0.3, 0.4) is 0 Å². The molecule has 0 atom stereocenters. The van der Waals surface area contributed by atoms with Gasteiger partial charge in [-0.3, -0.25) is 9.98 Å². The number of hydrogen-bond donors (Lipinski definition) is 2. The Labute approximate surface area is 251 Å². The third kappa shape index (κ3) is 14.7. The van der Waals surface area contributed by atoms with Gasteiger partial charge in [0.2, 0.25) is 0 Å². The van der Waals surface area contributed by atoms with E-state index in [1.54, 1.807) is 37.7 Å². The standard InChI is InChI=1S/C27H30N2O3.2C2H4O2.Co/c1-4-6-19-8-12-26(30)21(14-19)17-28-24-11-10-23(32-3)16-25(24)29-18-22-15-20(7-5-2)9-13-27(22)31;2*1-2(3)4;/h8-18,30-31H,4-7H2,1-3H3;2*1H3,(H,3,4);/q;;;+2/p-2. The predicted octanol–water partition coefficient (Wildman–Crippen LogP) is 4.02. The van der Waals surface area contributed by atoms with Crippen LogP contribution in [0.5, 0.6) is 17.2 Å². The number of carboxylic acid groups (broad SMARTS) is 2. The number of benzene rings is 3. The van der Waals surface area contributed by atoms with E-state index < -0.39 is 11.9 Å². The number of rotatable bonds is 9. The molecule has 0 unspecified atom stereocenters. The molecule has 221 valence electrons. The number of aromatic hydroxyl groups is 2. The first kappa shape index (κ1) is 36.8. The van der Waals surface area contributed by atoms with Crippen LogP contribution >= 0.6 is 0 Å². The Morgan fingerprint density at radius 2 is 1.17 bits per heavy atom. The van der Waals surface area contributed by atoms with Crippen molar-refractivity contribution >= 4 is 35.7 Å². The molecule has 0 spiro atoms. The summed E-state index contributed by atoms with van der Waals surface area (Å²) in [5.74, 6) is -1.14. The molecule has 0 saturated carbocycles. The largest absolute Gasteiger partial charge is 2.00 e. The minimum Gasteiger partial charge on any atom is -0.550 e. The van der Waals surface area contributed by atoms with Crippen LogP contribution in [0.4, 0.5) is 11.4 Å². The second-order valence-corrected chi connectivity index (χ2v) is 8.64. The van der Waals surface area contributed by atoms with E-state index in [-0.39, 0.29) is 28.3 Å². The fourth-order valence-electron chi connectivity index (χ4n) is 3.42. The maximum atomic E-state index is 10.2. The summed E-state index contributed by atoms with van der Waals surface area (Å²) in [6.07, 6.45) is 7.24. The molecule has 3 aromatic carbocycles. The number of aliphatic imine (C=N–C) groups is 2. The van der Waals surface area contributed by atoms with Gasteiger partial charge in [0.25, 0.3) is 0 Å². The van der Waals surface area contributed by atoms with Crippen molar-refractivity contribution in [1.82, 2.24) is 0 Å². The van der Waals surface area contributed by atoms with Crippen molar-refractivity contribution in [2.24, 2.45) is 9.98 Å². The van der Waals surface area contributed by atoms with Crippen molar-refractivity contribution in [2.75, 3.05) is 7.11 Å². The number of hydrogen-bond acceptors (Lipinski definition) is 9. The number of carboxylic acids is 2. The normalized spacial score (nSPS) is 10.2. The monoisotopic (exact) mass is 607 g/mol. The second-order valence-electron chi connectivity index (χ2n) is 8.64. The van der Waals surface area contributed by atoms with Crippen LogP contribution in [-0.4, -0.2) is 41.7 Å². The molecule has 2 N–H and O–H groups in total. The maximum Gasteiger partial charge on any atom is 2.00 e. The first-order valence-electron chi connectivity index (χ1n) is 12.8. The topological polar surface area (TPSA) is 155 Å². The molecule has 41 heavy (non-hydrogen) atoms. The van der Waals surface area contributed by atoms with Gasteiger partial charge in [-0.1, -0.05) is 38.8 Å². The summed E-state index contributed by atoms with van der Waals surface area (Å²) >= 11 is 0. The molecular weight excluding hydrogens is 571 g/mol. The van der Waals surface area contributed by atoms with Crippen LogP contribution in [0.1, 0.15) is 62.8 Å². The van der Waals surface area contributed by atoms with Gasteiger partial charge in [-0.2, -0.15) is 0 Å². The molecular formula is C31H36CoN2O7. The van der Waals surface area contributed by atoms with Gasteiger partial charge >= 0.3 is 16.8 Å². The van der Waals surface area contributed by atoms with Crippen LogP contribution in [0.25, 0.3) is 0 Å². The molecule has 0 bridgehead atoms. The van der Waals surface area contributed by atoms with Crippen molar-refractivity contribution < 1.29 is 51.5 Å². The number of phenolic OH excluding ortho intramolecular Hbond substituents is 2. The molecule has 0 aliphatic rings. The van der Waals surface area contributed by atoms with Crippen LogP contribution in [-0.2, 0) is 39.2 Å². The van der Waals surface area contributed by atoms with Gasteiger partial charge in [0.15, 0.2) is 0 Å². The van der Waals surface area contributed by atoms with Gasteiger partial charge < -0.3 is 34.8 Å². The van der Waals surface area contributed by atoms with Gasteiger partial charge in [0.1, 0.15) is 17.2 Å². The van der Waals surface area contributed by atoms with Gasteiger partial charge in [0, 0.05) is 41.6 Å². The predicted molar refractivity (Wildman–Crippen MR) is 153 cm³/mol. The number of phenols is 2. The molecule has 3 rings (SSSR count). The van der Waals surface area contributed by atoms with E-state index in [0.717, 1.165) is 50.7 Å². The van der Waals surface area contributed by atoms with Crippen LogP contribution in [0.15, 0.2) is 64.6 Å². The molecule has 0 aliphatic carbocycles. The first-order valence-corrected chi connectivity index (χ1v) is 12.8. The minimum absolute atomic E-state index is 0. The zero-order valence-corrected chi connectivity index (χ0v) is 24.9. The number of aryl methyl sites for hydroxylation is 2. The van der Waals surface area contributed by atoms with Gasteiger partial charge in [0.05, 0.1) is 18.5 Å².